The number of nitrogens with zero attached hydrogens (tertiary/aromatic N) is 1. The topological polar surface area (TPSA) is 67.2 Å². The molecule has 0 aromatic heterocycles. The van der Waals surface area contributed by atoms with Gasteiger partial charge < -0.3 is 10.6 Å². The van der Waals surface area contributed by atoms with Crippen molar-refractivity contribution in [1.29, 1.82) is 0 Å². The lowest BCUT2D eigenvalue weighted by Gasteiger charge is -2.48. The zero-order valence-corrected chi connectivity index (χ0v) is 11.8. The van der Waals surface area contributed by atoms with Crippen molar-refractivity contribution in [1.82, 2.24) is 5.32 Å². The van der Waals surface area contributed by atoms with E-state index in [0.29, 0.717) is 17.1 Å². The SMILES string of the molecule is Cc1ccc(NC2CCNC3(CCC3)C2)cc1[N+](=O)[O-]. The van der Waals surface area contributed by atoms with Crippen LogP contribution >= 0.6 is 0 Å². The first-order chi connectivity index (χ1) is 9.58. The molecule has 0 bridgehead atoms. The highest BCUT2D eigenvalue weighted by molar-refractivity contribution is 5.55. The lowest BCUT2D eigenvalue weighted by Crippen LogP contribution is -2.58. The van der Waals surface area contributed by atoms with Gasteiger partial charge >= 0.3 is 0 Å². The van der Waals surface area contributed by atoms with E-state index in [-0.39, 0.29) is 10.6 Å². The number of benzene rings is 1. The van der Waals surface area contributed by atoms with Gasteiger partial charge in [-0.15, -0.1) is 0 Å². The summed E-state index contributed by atoms with van der Waals surface area (Å²) in [5.41, 5.74) is 2.11. The molecule has 2 fully saturated rings. The Kier molecular flexibility index (Phi) is 3.38. The molecule has 1 unspecified atom stereocenters. The van der Waals surface area contributed by atoms with E-state index in [1.165, 1.54) is 19.3 Å². The van der Waals surface area contributed by atoms with Crippen molar-refractivity contribution >= 4 is 11.4 Å². The number of nitro groups is 1. The van der Waals surface area contributed by atoms with Gasteiger partial charge in [0.05, 0.1) is 4.92 Å². The number of anilines is 1. The average molecular weight is 275 g/mol. The average Bonchev–Trinajstić information content (AvgIpc) is 2.39. The van der Waals surface area contributed by atoms with Crippen LogP contribution in [0.5, 0.6) is 0 Å². The van der Waals surface area contributed by atoms with Crippen LogP contribution in [-0.4, -0.2) is 23.0 Å². The zero-order chi connectivity index (χ0) is 14.2. The normalized spacial score (nSPS) is 24.1. The van der Waals surface area contributed by atoms with Crippen molar-refractivity contribution in [2.24, 2.45) is 0 Å². The molecule has 1 aliphatic carbocycles. The molecule has 1 heterocycles. The minimum absolute atomic E-state index is 0.197. The van der Waals surface area contributed by atoms with Crippen LogP contribution in [0.4, 0.5) is 11.4 Å². The van der Waals surface area contributed by atoms with Gasteiger partial charge in [-0.3, -0.25) is 10.1 Å². The smallest absolute Gasteiger partial charge is 0.274 e. The summed E-state index contributed by atoms with van der Waals surface area (Å²) < 4.78 is 0. The maximum Gasteiger partial charge on any atom is 0.274 e. The van der Waals surface area contributed by atoms with Crippen molar-refractivity contribution in [3.05, 3.63) is 33.9 Å². The lowest BCUT2D eigenvalue weighted by molar-refractivity contribution is -0.385. The second-order valence-electron chi connectivity index (χ2n) is 6.15. The van der Waals surface area contributed by atoms with E-state index in [4.69, 9.17) is 0 Å². The quantitative estimate of drug-likeness (QED) is 0.657. The minimum Gasteiger partial charge on any atom is -0.382 e. The fourth-order valence-corrected chi connectivity index (χ4v) is 3.40. The van der Waals surface area contributed by atoms with Gasteiger partial charge in [-0.2, -0.15) is 0 Å². The molecular formula is C15H21N3O2. The summed E-state index contributed by atoms with van der Waals surface area (Å²) in [7, 11) is 0. The Labute approximate surface area is 118 Å². The molecule has 0 radical (unpaired) electrons. The van der Waals surface area contributed by atoms with Crippen molar-refractivity contribution in [3.63, 3.8) is 0 Å². The first kappa shape index (κ1) is 13.4. The fraction of sp³-hybridized carbons (Fsp3) is 0.600. The molecular weight excluding hydrogens is 254 g/mol. The Balaban J connectivity index is 1.71. The maximum absolute atomic E-state index is 11.0. The molecule has 1 saturated heterocycles. The van der Waals surface area contributed by atoms with Crippen LogP contribution in [0.2, 0.25) is 0 Å². The Bertz CT molecular complexity index is 526. The van der Waals surface area contributed by atoms with E-state index in [0.717, 1.165) is 25.1 Å². The van der Waals surface area contributed by atoms with Crippen LogP contribution in [0.25, 0.3) is 0 Å². The Morgan fingerprint density at radius 2 is 2.25 bits per heavy atom. The highest BCUT2D eigenvalue weighted by atomic mass is 16.6. The van der Waals surface area contributed by atoms with Gasteiger partial charge in [-0.25, -0.2) is 0 Å². The van der Waals surface area contributed by atoms with E-state index in [1.54, 1.807) is 13.0 Å². The van der Waals surface area contributed by atoms with Gasteiger partial charge in [0.25, 0.3) is 5.69 Å². The number of aryl methyl sites for hydroxylation is 1. The van der Waals surface area contributed by atoms with Crippen molar-refractivity contribution in [2.75, 3.05) is 11.9 Å². The molecule has 1 aromatic rings. The van der Waals surface area contributed by atoms with Crippen molar-refractivity contribution in [3.8, 4) is 0 Å². The lowest BCUT2D eigenvalue weighted by atomic mass is 9.70. The third kappa shape index (κ3) is 2.50. The van der Waals surface area contributed by atoms with Crippen LogP contribution in [0.1, 0.15) is 37.7 Å². The largest absolute Gasteiger partial charge is 0.382 e. The number of nitrogens with one attached hydrogen (secondary N) is 2. The maximum atomic E-state index is 11.0. The summed E-state index contributed by atoms with van der Waals surface area (Å²) in [6.07, 6.45) is 6.03. The van der Waals surface area contributed by atoms with Gasteiger partial charge in [0.1, 0.15) is 0 Å². The van der Waals surface area contributed by atoms with Gasteiger partial charge in [-0.1, -0.05) is 6.07 Å². The minimum atomic E-state index is -0.309. The molecule has 1 saturated carbocycles. The summed E-state index contributed by atoms with van der Waals surface area (Å²) >= 11 is 0. The Morgan fingerprint density at radius 3 is 2.90 bits per heavy atom. The fourth-order valence-electron chi connectivity index (χ4n) is 3.40. The molecule has 2 aliphatic rings. The number of hydrogen-bond acceptors (Lipinski definition) is 4. The molecule has 0 amide bonds. The van der Waals surface area contributed by atoms with E-state index in [2.05, 4.69) is 10.6 Å². The highest BCUT2D eigenvalue weighted by Gasteiger charge is 2.40. The number of hydrogen-bond donors (Lipinski definition) is 2. The van der Waals surface area contributed by atoms with Crippen molar-refractivity contribution in [2.45, 2.75) is 50.6 Å². The number of rotatable bonds is 3. The van der Waals surface area contributed by atoms with E-state index in [1.807, 2.05) is 12.1 Å². The van der Waals surface area contributed by atoms with Gasteiger partial charge in [0.2, 0.25) is 0 Å². The van der Waals surface area contributed by atoms with Gasteiger partial charge in [-0.05, 0) is 51.6 Å². The van der Waals surface area contributed by atoms with Crippen LogP contribution in [0.15, 0.2) is 18.2 Å². The monoisotopic (exact) mass is 275 g/mol. The molecule has 1 spiro atoms. The van der Waals surface area contributed by atoms with Crippen LogP contribution < -0.4 is 10.6 Å². The number of nitro benzene ring substituents is 1. The summed E-state index contributed by atoms with van der Waals surface area (Å²) in [5.74, 6) is 0. The van der Waals surface area contributed by atoms with Gasteiger partial charge in [0, 0.05) is 28.9 Å². The zero-order valence-electron chi connectivity index (χ0n) is 11.8. The molecule has 5 nitrogen and oxygen atoms in total. The third-order valence-corrected chi connectivity index (χ3v) is 4.72. The molecule has 1 aromatic carbocycles. The summed E-state index contributed by atoms with van der Waals surface area (Å²) in [5, 5.41) is 18.1. The predicted octanol–water partition coefficient (Wildman–Crippen LogP) is 2.99. The van der Waals surface area contributed by atoms with Crippen molar-refractivity contribution < 1.29 is 4.92 Å². The second-order valence-corrected chi connectivity index (χ2v) is 6.15. The molecule has 1 atom stereocenters. The molecule has 5 heteroatoms. The molecule has 108 valence electrons. The highest BCUT2D eigenvalue weighted by Crippen LogP contribution is 2.39. The van der Waals surface area contributed by atoms with Gasteiger partial charge in [0.15, 0.2) is 0 Å². The molecule has 3 rings (SSSR count). The molecule has 20 heavy (non-hydrogen) atoms. The molecule has 1 aliphatic heterocycles. The summed E-state index contributed by atoms with van der Waals surface area (Å²) in [6.45, 7) is 2.81. The number of piperidine rings is 1. The predicted molar refractivity (Wildman–Crippen MR) is 79.1 cm³/mol. The van der Waals surface area contributed by atoms with Crippen LogP contribution in [0, 0.1) is 17.0 Å². The van der Waals surface area contributed by atoms with Crippen LogP contribution in [0.3, 0.4) is 0 Å². The summed E-state index contributed by atoms with van der Waals surface area (Å²) in [4.78, 5) is 10.7. The first-order valence-corrected chi connectivity index (χ1v) is 7.35. The molecule has 2 N–H and O–H groups in total. The Hall–Kier alpha value is -1.62. The van der Waals surface area contributed by atoms with E-state index in [9.17, 15) is 10.1 Å². The standard InChI is InChI=1S/C15H21N3O2/c1-11-3-4-12(9-14(11)18(19)20)17-13-5-8-16-15(10-13)6-2-7-15/h3-4,9,13,16-17H,2,5-8,10H2,1H3. The van der Waals surface area contributed by atoms with Crippen LogP contribution in [-0.2, 0) is 0 Å². The summed E-state index contributed by atoms with van der Waals surface area (Å²) in [6, 6.07) is 5.84. The third-order valence-electron chi connectivity index (χ3n) is 4.72. The first-order valence-electron chi connectivity index (χ1n) is 7.35. The second kappa shape index (κ2) is 5.05. The Morgan fingerprint density at radius 1 is 1.45 bits per heavy atom. The van der Waals surface area contributed by atoms with E-state index < -0.39 is 0 Å². The van der Waals surface area contributed by atoms with E-state index >= 15 is 0 Å².